The van der Waals surface area contributed by atoms with E-state index < -0.39 is 6.04 Å². The van der Waals surface area contributed by atoms with Crippen LogP contribution in [0.4, 0.5) is 5.82 Å². The highest BCUT2D eigenvalue weighted by Gasteiger charge is 2.33. The van der Waals surface area contributed by atoms with Crippen LogP contribution in [0.25, 0.3) is 10.9 Å². The number of rotatable bonds is 2. The summed E-state index contributed by atoms with van der Waals surface area (Å²) in [5.74, 6) is 0.106. The van der Waals surface area contributed by atoms with E-state index in [0.717, 1.165) is 5.39 Å². The van der Waals surface area contributed by atoms with Crippen LogP contribution in [0.2, 0.25) is 10.0 Å². The van der Waals surface area contributed by atoms with Crippen molar-refractivity contribution in [3.63, 3.8) is 0 Å². The summed E-state index contributed by atoms with van der Waals surface area (Å²) in [6, 6.07) is 6.56. The molecule has 0 radical (unpaired) electrons. The van der Waals surface area contributed by atoms with Gasteiger partial charge >= 0.3 is 0 Å². The molecule has 22 heavy (non-hydrogen) atoms. The zero-order valence-corrected chi connectivity index (χ0v) is 13.3. The number of fused-ring (bicyclic) bond motifs is 1. The average Bonchev–Trinajstić information content (AvgIpc) is 2.83. The first-order valence-corrected chi connectivity index (χ1v) is 7.54. The molecule has 7 heteroatoms. The third-order valence-electron chi connectivity index (χ3n) is 3.80. The fourth-order valence-electron chi connectivity index (χ4n) is 2.52. The molecule has 114 valence electrons. The van der Waals surface area contributed by atoms with Crippen LogP contribution in [0, 0.1) is 0 Å². The Morgan fingerprint density at radius 2 is 2.05 bits per heavy atom. The molecule has 1 aliphatic rings. The van der Waals surface area contributed by atoms with E-state index in [1.54, 1.807) is 19.2 Å². The molecule has 1 aromatic carbocycles. The van der Waals surface area contributed by atoms with Gasteiger partial charge in [-0.2, -0.15) is 0 Å². The first-order chi connectivity index (χ1) is 10.5. The molecule has 0 bridgehead atoms. The lowest BCUT2D eigenvalue weighted by Crippen LogP contribution is -2.39. The molecule has 2 amide bonds. The van der Waals surface area contributed by atoms with Gasteiger partial charge in [0.25, 0.3) is 0 Å². The molecule has 2 heterocycles. The standard InChI is InChI=1S/C15H13Cl2N3O2/c1-20-10(5-7-12(20)21)15(22)19-11-6-3-8-2-4-9(16)13(17)14(8)18-11/h2-4,6,10H,5,7H2,1H3,(H,18,19,22)/t10-/m1/s1. The van der Waals surface area contributed by atoms with Crippen LogP contribution < -0.4 is 5.32 Å². The SMILES string of the molecule is CN1C(=O)CC[C@@H]1C(=O)Nc1ccc2ccc(Cl)c(Cl)c2n1. The van der Waals surface area contributed by atoms with Crippen LogP contribution in [0.15, 0.2) is 24.3 Å². The molecular weight excluding hydrogens is 325 g/mol. The third kappa shape index (κ3) is 2.62. The number of amides is 2. The summed E-state index contributed by atoms with van der Waals surface area (Å²) in [7, 11) is 1.63. The van der Waals surface area contributed by atoms with E-state index in [9.17, 15) is 9.59 Å². The lowest BCUT2D eigenvalue weighted by molar-refractivity contribution is -0.131. The molecule has 1 aromatic heterocycles. The van der Waals surface area contributed by atoms with Crippen molar-refractivity contribution in [2.45, 2.75) is 18.9 Å². The van der Waals surface area contributed by atoms with Crippen molar-refractivity contribution in [1.29, 1.82) is 0 Å². The Morgan fingerprint density at radius 3 is 2.73 bits per heavy atom. The summed E-state index contributed by atoms with van der Waals surface area (Å²) in [5, 5.41) is 4.32. The number of likely N-dealkylation sites (N-methyl/N-ethyl adjacent to an activating group) is 1. The van der Waals surface area contributed by atoms with Gasteiger partial charge < -0.3 is 10.2 Å². The number of aromatic nitrogens is 1. The van der Waals surface area contributed by atoms with Gasteiger partial charge in [-0.15, -0.1) is 0 Å². The predicted molar refractivity (Wildman–Crippen MR) is 86.2 cm³/mol. The van der Waals surface area contributed by atoms with Crippen LogP contribution in [0.1, 0.15) is 12.8 Å². The van der Waals surface area contributed by atoms with E-state index >= 15 is 0 Å². The van der Waals surface area contributed by atoms with Crippen molar-refractivity contribution in [2.24, 2.45) is 0 Å². The average molecular weight is 338 g/mol. The van der Waals surface area contributed by atoms with Gasteiger partial charge in [0.2, 0.25) is 11.8 Å². The molecule has 3 rings (SSSR count). The van der Waals surface area contributed by atoms with Crippen LogP contribution in [0.3, 0.4) is 0 Å². The van der Waals surface area contributed by atoms with Crippen molar-refractivity contribution >= 4 is 51.7 Å². The summed E-state index contributed by atoms with van der Waals surface area (Å²) in [6.45, 7) is 0. The molecular formula is C15H13Cl2N3O2. The summed E-state index contributed by atoms with van der Waals surface area (Å²) in [5.41, 5.74) is 0.530. The zero-order valence-electron chi connectivity index (χ0n) is 11.8. The molecule has 5 nitrogen and oxygen atoms in total. The highest BCUT2D eigenvalue weighted by Crippen LogP contribution is 2.30. The fraction of sp³-hybridized carbons (Fsp3) is 0.267. The molecule has 0 saturated carbocycles. The first kappa shape index (κ1) is 15.1. The van der Waals surface area contributed by atoms with E-state index in [-0.39, 0.29) is 11.8 Å². The Balaban J connectivity index is 1.86. The van der Waals surface area contributed by atoms with Crippen molar-refractivity contribution in [2.75, 3.05) is 12.4 Å². The lowest BCUT2D eigenvalue weighted by atomic mass is 10.2. The highest BCUT2D eigenvalue weighted by molar-refractivity contribution is 6.45. The van der Waals surface area contributed by atoms with Gasteiger partial charge in [-0.25, -0.2) is 4.98 Å². The second kappa shape index (κ2) is 5.74. The minimum atomic E-state index is -0.458. The second-order valence-corrected chi connectivity index (χ2v) is 5.96. The Hall–Kier alpha value is -1.85. The molecule has 1 atom stereocenters. The Labute approximate surface area is 137 Å². The van der Waals surface area contributed by atoms with Crippen molar-refractivity contribution < 1.29 is 9.59 Å². The smallest absolute Gasteiger partial charge is 0.248 e. The monoisotopic (exact) mass is 337 g/mol. The lowest BCUT2D eigenvalue weighted by Gasteiger charge is -2.18. The van der Waals surface area contributed by atoms with E-state index in [0.29, 0.717) is 34.2 Å². The molecule has 1 saturated heterocycles. The maximum atomic E-state index is 12.3. The minimum Gasteiger partial charge on any atom is -0.334 e. The predicted octanol–water partition coefficient (Wildman–Crippen LogP) is 3.10. The molecule has 0 spiro atoms. The summed E-state index contributed by atoms with van der Waals surface area (Å²) in [4.78, 5) is 29.5. The van der Waals surface area contributed by atoms with E-state index in [4.69, 9.17) is 23.2 Å². The number of hydrogen-bond acceptors (Lipinski definition) is 3. The van der Waals surface area contributed by atoms with Crippen LogP contribution in [-0.2, 0) is 9.59 Å². The normalized spacial score (nSPS) is 18.0. The van der Waals surface area contributed by atoms with E-state index in [1.807, 2.05) is 12.1 Å². The number of carbonyl (C=O) groups is 2. The minimum absolute atomic E-state index is 0.0264. The molecule has 1 N–H and O–H groups in total. The van der Waals surface area contributed by atoms with Crippen LogP contribution in [-0.4, -0.2) is 34.8 Å². The molecule has 1 aliphatic heterocycles. The van der Waals surface area contributed by atoms with Gasteiger partial charge in [0, 0.05) is 18.9 Å². The fourth-order valence-corrected chi connectivity index (χ4v) is 2.89. The summed E-state index contributed by atoms with van der Waals surface area (Å²) in [6.07, 6.45) is 0.905. The molecule has 1 fully saturated rings. The van der Waals surface area contributed by atoms with E-state index in [1.165, 1.54) is 4.90 Å². The Morgan fingerprint density at radius 1 is 1.32 bits per heavy atom. The number of likely N-dealkylation sites (tertiary alicyclic amines) is 1. The van der Waals surface area contributed by atoms with Crippen LogP contribution in [0.5, 0.6) is 0 Å². The highest BCUT2D eigenvalue weighted by atomic mass is 35.5. The van der Waals surface area contributed by atoms with Gasteiger partial charge in [0.15, 0.2) is 0 Å². The summed E-state index contributed by atoms with van der Waals surface area (Å²) >= 11 is 12.1. The number of halogens is 2. The largest absolute Gasteiger partial charge is 0.334 e. The zero-order chi connectivity index (χ0) is 15.9. The van der Waals surface area contributed by atoms with Crippen molar-refractivity contribution in [1.82, 2.24) is 9.88 Å². The number of anilines is 1. The van der Waals surface area contributed by atoms with Crippen molar-refractivity contribution in [3.8, 4) is 0 Å². The molecule has 0 aliphatic carbocycles. The maximum Gasteiger partial charge on any atom is 0.248 e. The number of nitrogens with one attached hydrogen (secondary N) is 1. The first-order valence-electron chi connectivity index (χ1n) is 6.78. The maximum absolute atomic E-state index is 12.3. The van der Waals surface area contributed by atoms with Gasteiger partial charge in [-0.05, 0) is 24.6 Å². The van der Waals surface area contributed by atoms with Gasteiger partial charge in [0.05, 0.1) is 15.6 Å². The van der Waals surface area contributed by atoms with E-state index in [2.05, 4.69) is 10.3 Å². The van der Waals surface area contributed by atoms with Gasteiger partial charge in [0.1, 0.15) is 11.9 Å². The second-order valence-electron chi connectivity index (χ2n) is 5.18. The Bertz CT molecular complexity index is 779. The molecule has 2 aromatic rings. The topological polar surface area (TPSA) is 62.3 Å². The van der Waals surface area contributed by atoms with Crippen molar-refractivity contribution in [3.05, 3.63) is 34.3 Å². The van der Waals surface area contributed by atoms with Crippen LogP contribution >= 0.6 is 23.2 Å². The number of hydrogen-bond donors (Lipinski definition) is 1. The quantitative estimate of drug-likeness (QED) is 0.915. The summed E-state index contributed by atoms with van der Waals surface area (Å²) < 4.78 is 0. The Kier molecular flexibility index (Phi) is 3.93. The van der Waals surface area contributed by atoms with Gasteiger partial charge in [-0.1, -0.05) is 29.3 Å². The third-order valence-corrected chi connectivity index (χ3v) is 4.59. The molecule has 0 unspecified atom stereocenters. The number of carbonyl (C=O) groups excluding carboxylic acids is 2. The number of benzene rings is 1. The number of pyridine rings is 1. The number of nitrogens with zero attached hydrogens (tertiary/aromatic N) is 2. The van der Waals surface area contributed by atoms with Gasteiger partial charge in [-0.3, -0.25) is 9.59 Å².